The number of thioether (sulfide) groups is 1. The fraction of sp³-hybridized carbons (Fsp3) is 0.286. The lowest BCUT2D eigenvalue weighted by atomic mass is 10.3. The summed E-state index contributed by atoms with van der Waals surface area (Å²) in [5.41, 5.74) is 0.419. The van der Waals surface area contributed by atoms with E-state index in [1.165, 1.54) is 7.11 Å². The third-order valence-corrected chi connectivity index (χ3v) is 4.13. The molecule has 23 heavy (non-hydrogen) atoms. The van der Waals surface area contributed by atoms with E-state index in [9.17, 15) is 9.59 Å². The van der Waals surface area contributed by atoms with Crippen LogP contribution in [0.2, 0.25) is 5.02 Å². The molecule has 2 N–H and O–H groups in total. The van der Waals surface area contributed by atoms with E-state index in [1.807, 2.05) is 0 Å². The minimum Gasteiger partial charge on any atom is -0.495 e. The van der Waals surface area contributed by atoms with E-state index in [4.69, 9.17) is 16.3 Å². The maximum Gasteiger partial charge on any atom is 0.273 e. The Morgan fingerprint density at radius 2 is 2.17 bits per heavy atom. The van der Waals surface area contributed by atoms with Crippen molar-refractivity contribution in [3.63, 3.8) is 0 Å². The molecule has 0 spiro atoms. The van der Waals surface area contributed by atoms with Gasteiger partial charge in [0, 0.05) is 5.02 Å². The molecule has 1 amide bonds. The Kier molecular flexibility index (Phi) is 5.62. The number of nitrogens with zero attached hydrogens (tertiary/aromatic N) is 2. The van der Waals surface area contributed by atoms with Gasteiger partial charge in [-0.3, -0.25) is 14.6 Å². The lowest BCUT2D eigenvalue weighted by Crippen LogP contribution is -2.24. The average Bonchev–Trinajstić information content (AvgIpc) is 2.51. The largest absolute Gasteiger partial charge is 0.495 e. The number of amides is 1. The number of halogens is 1. The summed E-state index contributed by atoms with van der Waals surface area (Å²) in [5.74, 6) is 0.224. The number of aryl methyl sites for hydroxylation is 1. The number of carbonyl (C=O) groups is 1. The summed E-state index contributed by atoms with van der Waals surface area (Å²) in [6.45, 7) is 3.25. The van der Waals surface area contributed by atoms with Gasteiger partial charge in [0.1, 0.15) is 11.4 Å². The summed E-state index contributed by atoms with van der Waals surface area (Å²) >= 11 is 7.03. The Balaban J connectivity index is 2.09. The van der Waals surface area contributed by atoms with Crippen molar-refractivity contribution >= 4 is 35.0 Å². The van der Waals surface area contributed by atoms with Crippen molar-refractivity contribution in [2.24, 2.45) is 0 Å². The maximum absolute atomic E-state index is 12.3. The number of hydrogen-bond acceptors (Lipinski definition) is 6. The number of carbonyl (C=O) groups excluding carboxylic acids is 1. The van der Waals surface area contributed by atoms with Crippen LogP contribution in [-0.2, 0) is 4.79 Å². The van der Waals surface area contributed by atoms with Crippen molar-refractivity contribution in [1.29, 1.82) is 0 Å². The summed E-state index contributed by atoms with van der Waals surface area (Å²) in [5, 5.41) is 10.6. The average molecular weight is 355 g/mol. The second-order valence-electron chi connectivity index (χ2n) is 4.64. The van der Waals surface area contributed by atoms with Crippen LogP contribution in [0.15, 0.2) is 28.2 Å². The molecule has 0 unspecified atom stereocenters. The van der Waals surface area contributed by atoms with E-state index in [0.717, 1.165) is 11.8 Å². The molecule has 2 aromatic rings. The first-order valence-corrected chi connectivity index (χ1v) is 7.91. The van der Waals surface area contributed by atoms with E-state index in [1.54, 1.807) is 32.0 Å². The van der Waals surface area contributed by atoms with Crippen molar-refractivity contribution in [2.75, 3.05) is 12.4 Å². The monoisotopic (exact) mass is 354 g/mol. The zero-order valence-electron chi connectivity index (χ0n) is 12.7. The van der Waals surface area contributed by atoms with Gasteiger partial charge in [0.2, 0.25) is 5.91 Å². The van der Waals surface area contributed by atoms with Crippen molar-refractivity contribution in [2.45, 2.75) is 24.3 Å². The van der Waals surface area contributed by atoms with Crippen molar-refractivity contribution in [1.82, 2.24) is 15.2 Å². The van der Waals surface area contributed by atoms with Gasteiger partial charge < -0.3 is 10.1 Å². The van der Waals surface area contributed by atoms with E-state index < -0.39 is 5.25 Å². The highest BCUT2D eigenvalue weighted by atomic mass is 35.5. The van der Waals surface area contributed by atoms with Crippen LogP contribution in [0.25, 0.3) is 0 Å². The number of nitrogens with one attached hydrogen (secondary N) is 2. The van der Waals surface area contributed by atoms with Crippen LogP contribution in [0.4, 0.5) is 5.69 Å². The maximum atomic E-state index is 12.3. The van der Waals surface area contributed by atoms with Crippen molar-refractivity contribution < 1.29 is 9.53 Å². The minimum atomic E-state index is -0.508. The smallest absolute Gasteiger partial charge is 0.273 e. The van der Waals surface area contributed by atoms with Gasteiger partial charge in [-0.25, -0.2) is 0 Å². The standard InChI is InChI=1S/C14H15ClN4O3S/c1-7-12(20)17-14(19-18-7)23-8(2)13(21)16-10-6-9(15)4-5-11(10)22-3/h4-6,8H,1-3H3,(H,16,21)(H,17,19,20)/t8-/m1/s1. The number of methoxy groups -OCH3 is 1. The topological polar surface area (TPSA) is 97.0 Å². The zero-order valence-corrected chi connectivity index (χ0v) is 14.3. The van der Waals surface area contributed by atoms with Crippen LogP contribution in [0.1, 0.15) is 12.6 Å². The first-order chi connectivity index (χ1) is 10.9. The predicted octanol–water partition coefficient (Wildman–Crippen LogP) is 2.25. The molecule has 122 valence electrons. The molecule has 0 fully saturated rings. The van der Waals surface area contributed by atoms with Crippen molar-refractivity contribution in [3.05, 3.63) is 39.3 Å². The lowest BCUT2D eigenvalue weighted by Gasteiger charge is -2.13. The second-order valence-corrected chi connectivity index (χ2v) is 6.40. The van der Waals surface area contributed by atoms with E-state index >= 15 is 0 Å². The molecule has 0 aliphatic carbocycles. The fourth-order valence-electron chi connectivity index (χ4n) is 1.66. The summed E-state index contributed by atoms with van der Waals surface area (Å²) in [6, 6.07) is 4.93. The van der Waals surface area contributed by atoms with Gasteiger partial charge in [0.25, 0.3) is 5.56 Å². The lowest BCUT2D eigenvalue weighted by molar-refractivity contribution is -0.115. The van der Waals surface area contributed by atoms with E-state index in [-0.39, 0.29) is 22.3 Å². The molecule has 1 atom stereocenters. The van der Waals surface area contributed by atoms with Gasteiger partial charge in [-0.05, 0) is 32.0 Å². The molecule has 0 aliphatic rings. The predicted molar refractivity (Wildman–Crippen MR) is 89.3 cm³/mol. The molecule has 7 nitrogen and oxygen atoms in total. The highest BCUT2D eigenvalue weighted by Crippen LogP contribution is 2.28. The fourth-order valence-corrected chi connectivity index (χ4v) is 2.58. The van der Waals surface area contributed by atoms with Gasteiger partial charge in [-0.2, -0.15) is 0 Å². The molecule has 0 saturated heterocycles. The SMILES string of the molecule is COc1ccc(Cl)cc1NC(=O)[C@@H](C)Sc1nnc(C)c(=O)[nH]1. The molecule has 1 aromatic carbocycles. The van der Waals surface area contributed by atoms with E-state index in [2.05, 4.69) is 20.5 Å². The Bertz CT molecular complexity index is 781. The Morgan fingerprint density at radius 3 is 2.83 bits per heavy atom. The first kappa shape index (κ1) is 17.3. The number of rotatable bonds is 5. The van der Waals surface area contributed by atoms with Gasteiger partial charge in [0.15, 0.2) is 5.16 Å². The summed E-state index contributed by atoms with van der Waals surface area (Å²) in [7, 11) is 1.50. The zero-order chi connectivity index (χ0) is 17.0. The molecule has 0 radical (unpaired) electrons. The number of aromatic amines is 1. The molecule has 0 bridgehead atoms. The number of anilines is 1. The Hall–Kier alpha value is -2.06. The summed E-state index contributed by atoms with van der Waals surface area (Å²) in [6.07, 6.45) is 0. The molecule has 0 saturated carbocycles. The molecular weight excluding hydrogens is 340 g/mol. The van der Waals surface area contributed by atoms with Gasteiger partial charge in [-0.1, -0.05) is 23.4 Å². The highest BCUT2D eigenvalue weighted by Gasteiger charge is 2.18. The van der Waals surface area contributed by atoms with E-state index in [0.29, 0.717) is 16.5 Å². The molecular formula is C14H15ClN4O3S. The number of H-pyrrole nitrogens is 1. The van der Waals surface area contributed by atoms with Crippen LogP contribution < -0.4 is 15.6 Å². The van der Waals surface area contributed by atoms with Crippen molar-refractivity contribution in [3.8, 4) is 5.75 Å². The molecule has 9 heteroatoms. The highest BCUT2D eigenvalue weighted by molar-refractivity contribution is 8.00. The molecule has 2 rings (SSSR count). The molecule has 1 heterocycles. The van der Waals surface area contributed by atoms with Crippen LogP contribution in [0, 0.1) is 6.92 Å². The summed E-state index contributed by atoms with van der Waals surface area (Å²) in [4.78, 5) is 26.3. The summed E-state index contributed by atoms with van der Waals surface area (Å²) < 4.78 is 5.18. The minimum absolute atomic E-state index is 0.273. The second kappa shape index (κ2) is 7.47. The molecule has 1 aromatic heterocycles. The Morgan fingerprint density at radius 1 is 1.43 bits per heavy atom. The van der Waals surface area contributed by atoms with Crippen LogP contribution in [-0.4, -0.2) is 33.4 Å². The van der Waals surface area contributed by atoms with Gasteiger partial charge >= 0.3 is 0 Å². The number of benzene rings is 1. The van der Waals surface area contributed by atoms with Crippen LogP contribution in [0.5, 0.6) is 5.75 Å². The molecule has 0 aliphatic heterocycles. The number of aromatic nitrogens is 3. The van der Waals surface area contributed by atoms with Crippen LogP contribution >= 0.6 is 23.4 Å². The quantitative estimate of drug-likeness (QED) is 0.799. The Labute approximate surface area is 141 Å². The number of ether oxygens (including phenoxy) is 1. The first-order valence-electron chi connectivity index (χ1n) is 6.65. The number of hydrogen-bond donors (Lipinski definition) is 2. The normalized spacial score (nSPS) is 11.8. The van der Waals surface area contributed by atoms with Gasteiger partial charge in [0.05, 0.1) is 18.0 Å². The third-order valence-electron chi connectivity index (χ3n) is 2.92. The third kappa shape index (κ3) is 4.46. The van der Waals surface area contributed by atoms with Crippen LogP contribution in [0.3, 0.4) is 0 Å². The van der Waals surface area contributed by atoms with Gasteiger partial charge in [-0.15, -0.1) is 10.2 Å².